The summed E-state index contributed by atoms with van der Waals surface area (Å²) in [7, 11) is 0. The van der Waals surface area contributed by atoms with E-state index in [0.29, 0.717) is 46.7 Å². The molecule has 1 saturated carbocycles. The van der Waals surface area contributed by atoms with E-state index in [2.05, 4.69) is 32.9 Å². The lowest BCUT2D eigenvalue weighted by Gasteiger charge is -2.34. The van der Waals surface area contributed by atoms with Crippen molar-refractivity contribution in [3.05, 3.63) is 91.2 Å². The molecule has 41 heavy (non-hydrogen) atoms. The fourth-order valence-corrected chi connectivity index (χ4v) is 5.98. The lowest BCUT2D eigenvalue weighted by atomic mass is 9.84. The number of hydrogen-bond acceptors (Lipinski definition) is 6. The van der Waals surface area contributed by atoms with E-state index in [-0.39, 0.29) is 30.2 Å². The smallest absolute Gasteiger partial charge is 0.263 e. The molecule has 4 heterocycles. The Balaban J connectivity index is 1.41. The van der Waals surface area contributed by atoms with E-state index in [1.54, 1.807) is 26.4 Å². The minimum absolute atomic E-state index is 0.0852. The van der Waals surface area contributed by atoms with Gasteiger partial charge in [0.25, 0.3) is 11.5 Å². The van der Waals surface area contributed by atoms with Crippen LogP contribution in [0.15, 0.2) is 51.9 Å². The zero-order valence-corrected chi connectivity index (χ0v) is 25.5. The molecule has 0 radical (unpaired) electrons. The topological polar surface area (TPSA) is 95.1 Å². The molecule has 1 aliphatic carbocycles. The Kier molecular flexibility index (Phi) is 7.05. The van der Waals surface area contributed by atoms with Crippen LogP contribution in [0.3, 0.4) is 0 Å². The van der Waals surface area contributed by atoms with Crippen LogP contribution in [-0.2, 0) is 13.0 Å². The number of ether oxygens (including phenoxy) is 1. The zero-order chi connectivity index (χ0) is 29.0. The van der Waals surface area contributed by atoms with Crippen molar-refractivity contribution >= 4 is 21.8 Å². The lowest BCUT2D eigenvalue weighted by Crippen LogP contribution is -2.46. The lowest BCUT2D eigenvalue weighted by molar-refractivity contribution is 0.0652. The summed E-state index contributed by atoms with van der Waals surface area (Å²) in [4.78, 5) is 39.1. The predicted octanol–water partition coefficient (Wildman–Crippen LogP) is 5.27. The Morgan fingerprint density at radius 2 is 1.85 bits per heavy atom. The highest BCUT2D eigenvalue weighted by molar-refractivity contribution is 9.10. The minimum atomic E-state index is -0.181. The molecule has 6 rings (SSSR count). The van der Waals surface area contributed by atoms with Gasteiger partial charge in [-0.25, -0.2) is 19.2 Å². The van der Waals surface area contributed by atoms with Gasteiger partial charge in [-0.05, 0) is 88.8 Å². The average molecular weight is 618 g/mol. The van der Waals surface area contributed by atoms with E-state index in [9.17, 15) is 9.59 Å². The molecule has 0 spiro atoms. The number of rotatable bonds is 5. The second-order valence-corrected chi connectivity index (χ2v) is 12.3. The summed E-state index contributed by atoms with van der Waals surface area (Å²) in [5.74, 6) is 1.50. The largest absolute Gasteiger partial charge is 0.474 e. The fraction of sp³-hybridized carbons (Fsp3) is 0.387. The number of benzene rings is 1. The number of hydrogen-bond donors (Lipinski definition) is 0. The van der Waals surface area contributed by atoms with Crippen LogP contribution in [0, 0.1) is 26.7 Å². The molecule has 1 aromatic carbocycles. The number of nitrogens with zero attached hydrogens (tertiary/aromatic N) is 6. The van der Waals surface area contributed by atoms with Crippen molar-refractivity contribution in [3.8, 4) is 17.5 Å². The SMILES string of the molecule is Cc1cc(C)n(-c2nc3c(c(=O)n2-c2ccc(OC4CC(C)C4)nc2)C[C@@H](C)N(C(=O)c2ccc(Br)c(C)c2)C3)n1. The van der Waals surface area contributed by atoms with Gasteiger partial charge >= 0.3 is 0 Å². The first kappa shape index (κ1) is 27.4. The molecule has 2 aliphatic rings. The molecule has 1 amide bonds. The van der Waals surface area contributed by atoms with Crippen molar-refractivity contribution in [2.24, 2.45) is 5.92 Å². The van der Waals surface area contributed by atoms with Crippen LogP contribution in [0.4, 0.5) is 0 Å². The van der Waals surface area contributed by atoms with E-state index in [1.807, 2.05) is 58.0 Å². The van der Waals surface area contributed by atoms with Crippen LogP contribution in [0.25, 0.3) is 11.6 Å². The van der Waals surface area contributed by atoms with Gasteiger partial charge in [-0.2, -0.15) is 5.10 Å². The first-order chi connectivity index (χ1) is 19.6. The number of carbonyl (C=O) groups excluding carboxylic acids is 1. The standard InChI is InChI=1S/C31H33BrN6O3/c1-17-10-24(11-17)41-28-9-7-23(15-33-28)37-30(40)25-14-20(4)36(29(39)22-6-8-26(32)18(2)12-22)16-27(25)34-31(37)38-21(5)13-19(3)35-38/h6-9,12-13,15,17,20,24H,10-11,14,16H2,1-5H3/t17?,20-,24?/m1/s1. The molecular weight excluding hydrogens is 584 g/mol. The predicted molar refractivity (Wildman–Crippen MR) is 159 cm³/mol. The summed E-state index contributed by atoms with van der Waals surface area (Å²) in [5.41, 5.74) is 4.84. The van der Waals surface area contributed by atoms with Gasteiger partial charge in [-0.1, -0.05) is 22.9 Å². The van der Waals surface area contributed by atoms with Crippen LogP contribution < -0.4 is 10.3 Å². The van der Waals surface area contributed by atoms with Crippen molar-refractivity contribution in [3.63, 3.8) is 0 Å². The Hall–Kier alpha value is -3.79. The van der Waals surface area contributed by atoms with E-state index >= 15 is 0 Å². The summed E-state index contributed by atoms with van der Waals surface area (Å²) in [6, 6.07) is 11.0. The summed E-state index contributed by atoms with van der Waals surface area (Å²) in [6.07, 6.45) is 4.29. The molecule has 0 bridgehead atoms. The fourth-order valence-electron chi connectivity index (χ4n) is 5.74. The highest BCUT2D eigenvalue weighted by Crippen LogP contribution is 2.30. The monoisotopic (exact) mass is 616 g/mol. The van der Waals surface area contributed by atoms with Crippen LogP contribution in [0.2, 0.25) is 0 Å². The summed E-state index contributed by atoms with van der Waals surface area (Å²) in [5, 5.41) is 4.64. The van der Waals surface area contributed by atoms with Gasteiger partial charge in [0.2, 0.25) is 11.8 Å². The summed E-state index contributed by atoms with van der Waals surface area (Å²) >= 11 is 3.51. The van der Waals surface area contributed by atoms with Gasteiger partial charge in [-0.15, -0.1) is 0 Å². The van der Waals surface area contributed by atoms with Crippen molar-refractivity contribution < 1.29 is 9.53 Å². The number of fused-ring (bicyclic) bond motifs is 1. The maximum atomic E-state index is 14.2. The molecule has 0 N–H and O–H groups in total. The Labute approximate surface area is 247 Å². The first-order valence-corrected chi connectivity index (χ1v) is 14.8. The molecule has 0 saturated heterocycles. The van der Waals surface area contributed by atoms with E-state index in [0.717, 1.165) is 34.3 Å². The van der Waals surface area contributed by atoms with E-state index in [1.165, 1.54) is 0 Å². The normalized spacial score (nSPS) is 20.0. The number of aryl methyl sites for hydroxylation is 3. The number of aromatic nitrogens is 5. The quantitative estimate of drug-likeness (QED) is 0.303. The second-order valence-electron chi connectivity index (χ2n) is 11.4. The Morgan fingerprint density at radius 1 is 1.07 bits per heavy atom. The zero-order valence-electron chi connectivity index (χ0n) is 23.9. The van der Waals surface area contributed by atoms with Crippen molar-refractivity contribution in [1.82, 2.24) is 29.2 Å². The third-order valence-corrected chi connectivity index (χ3v) is 8.95. The number of halogens is 1. The molecule has 1 fully saturated rings. The van der Waals surface area contributed by atoms with Crippen LogP contribution in [-0.4, -0.2) is 47.3 Å². The molecule has 10 heteroatoms. The minimum Gasteiger partial charge on any atom is -0.474 e. The maximum Gasteiger partial charge on any atom is 0.263 e. The van der Waals surface area contributed by atoms with E-state index < -0.39 is 0 Å². The van der Waals surface area contributed by atoms with Crippen LogP contribution in [0.1, 0.15) is 65.3 Å². The van der Waals surface area contributed by atoms with Crippen LogP contribution in [0.5, 0.6) is 5.88 Å². The van der Waals surface area contributed by atoms with Gasteiger partial charge in [0.1, 0.15) is 6.10 Å². The molecule has 212 valence electrons. The van der Waals surface area contributed by atoms with Gasteiger partial charge in [-0.3, -0.25) is 9.59 Å². The Bertz CT molecular complexity index is 1700. The highest BCUT2D eigenvalue weighted by Gasteiger charge is 2.33. The van der Waals surface area contributed by atoms with Crippen LogP contribution >= 0.6 is 15.9 Å². The maximum absolute atomic E-state index is 14.2. The number of amides is 1. The molecule has 3 aromatic heterocycles. The van der Waals surface area contributed by atoms with Gasteiger partial charge in [0.05, 0.1) is 29.8 Å². The summed E-state index contributed by atoms with van der Waals surface area (Å²) < 4.78 is 10.2. The molecule has 1 atom stereocenters. The molecule has 9 nitrogen and oxygen atoms in total. The third kappa shape index (κ3) is 5.09. The molecular formula is C31H33BrN6O3. The van der Waals surface area contributed by atoms with Gasteiger partial charge < -0.3 is 9.64 Å². The number of pyridine rings is 1. The molecule has 4 aromatic rings. The first-order valence-electron chi connectivity index (χ1n) is 14.0. The van der Waals surface area contributed by atoms with E-state index in [4.69, 9.17) is 9.72 Å². The van der Waals surface area contributed by atoms with Crippen molar-refractivity contribution in [2.45, 2.75) is 72.6 Å². The average Bonchev–Trinajstić information content (AvgIpc) is 3.27. The summed E-state index contributed by atoms with van der Waals surface area (Å²) in [6.45, 7) is 10.2. The highest BCUT2D eigenvalue weighted by atomic mass is 79.9. The van der Waals surface area contributed by atoms with Crippen molar-refractivity contribution in [1.29, 1.82) is 0 Å². The van der Waals surface area contributed by atoms with Gasteiger partial charge in [0.15, 0.2) is 0 Å². The van der Waals surface area contributed by atoms with Crippen molar-refractivity contribution in [2.75, 3.05) is 0 Å². The molecule has 0 unspecified atom stereocenters. The number of carbonyl (C=O) groups is 1. The third-order valence-electron chi connectivity index (χ3n) is 8.06. The Morgan fingerprint density at radius 3 is 2.49 bits per heavy atom. The van der Waals surface area contributed by atoms with Gasteiger partial charge in [0, 0.05) is 33.4 Å². The second kappa shape index (κ2) is 10.6. The molecule has 1 aliphatic heterocycles.